The summed E-state index contributed by atoms with van der Waals surface area (Å²) in [6, 6.07) is 23.7. The molecule has 0 heterocycles. The van der Waals surface area contributed by atoms with E-state index in [1.54, 1.807) is 78.9 Å². The Hall–Kier alpha value is -2.63. The van der Waals surface area contributed by atoms with E-state index < -0.39 is 21.0 Å². The lowest BCUT2D eigenvalue weighted by atomic mass is 10.1. The molecule has 0 aliphatic heterocycles. The van der Waals surface area contributed by atoms with Crippen LogP contribution in [0.5, 0.6) is 0 Å². The Labute approximate surface area is 163 Å². The van der Waals surface area contributed by atoms with Gasteiger partial charge in [0, 0.05) is 6.54 Å². The van der Waals surface area contributed by atoms with Gasteiger partial charge in [0.05, 0.1) is 15.5 Å². The Morgan fingerprint density at radius 2 is 1.41 bits per heavy atom. The van der Waals surface area contributed by atoms with Crippen LogP contribution in [0.3, 0.4) is 0 Å². The Morgan fingerprint density at radius 1 is 0.852 bits per heavy atom. The molecule has 4 nitrogen and oxygen atoms in total. The van der Waals surface area contributed by atoms with Gasteiger partial charge in [0.1, 0.15) is 5.25 Å². The highest BCUT2D eigenvalue weighted by atomic mass is 35.5. The van der Waals surface area contributed by atoms with Gasteiger partial charge < -0.3 is 5.32 Å². The predicted molar refractivity (Wildman–Crippen MR) is 107 cm³/mol. The van der Waals surface area contributed by atoms with Gasteiger partial charge in [0.15, 0.2) is 9.84 Å². The molecule has 0 spiro atoms. The molecular formula is C21H18ClNO3S. The average Bonchev–Trinajstić information content (AvgIpc) is 2.69. The lowest BCUT2D eigenvalue weighted by Gasteiger charge is -2.19. The second-order valence-electron chi connectivity index (χ2n) is 5.95. The van der Waals surface area contributed by atoms with Gasteiger partial charge in [0.25, 0.3) is 5.91 Å². The number of amides is 1. The average molecular weight is 400 g/mol. The Balaban J connectivity index is 1.90. The molecule has 0 aliphatic rings. The zero-order valence-electron chi connectivity index (χ0n) is 14.4. The summed E-state index contributed by atoms with van der Waals surface area (Å²) in [5, 5.41) is 2.12. The number of hydrogen-bond donors (Lipinski definition) is 1. The summed E-state index contributed by atoms with van der Waals surface area (Å²) in [4.78, 5) is 12.7. The molecule has 6 heteroatoms. The molecule has 0 aromatic heterocycles. The number of nitrogens with one attached hydrogen (secondary N) is 1. The molecule has 138 valence electrons. The molecular weight excluding hydrogens is 382 g/mol. The van der Waals surface area contributed by atoms with E-state index in [4.69, 9.17) is 11.6 Å². The van der Waals surface area contributed by atoms with Crippen molar-refractivity contribution in [2.24, 2.45) is 0 Å². The van der Waals surface area contributed by atoms with Crippen LogP contribution in [0.2, 0.25) is 5.02 Å². The summed E-state index contributed by atoms with van der Waals surface area (Å²) in [7, 11) is -3.69. The highest BCUT2D eigenvalue weighted by molar-refractivity contribution is 7.91. The maximum atomic E-state index is 13.2. The van der Waals surface area contributed by atoms with E-state index in [9.17, 15) is 13.2 Å². The number of sulfone groups is 1. The Kier molecular flexibility index (Phi) is 5.94. The van der Waals surface area contributed by atoms with Crippen LogP contribution < -0.4 is 5.32 Å². The minimum Gasteiger partial charge on any atom is -0.350 e. The van der Waals surface area contributed by atoms with Gasteiger partial charge in [-0.1, -0.05) is 72.3 Å². The topological polar surface area (TPSA) is 63.2 Å². The fraction of sp³-hybridized carbons (Fsp3) is 0.0952. The highest BCUT2D eigenvalue weighted by Gasteiger charge is 2.29. The minimum atomic E-state index is -3.69. The van der Waals surface area contributed by atoms with Crippen molar-refractivity contribution in [1.29, 1.82) is 0 Å². The molecule has 0 unspecified atom stereocenters. The second kappa shape index (κ2) is 8.37. The number of halogens is 1. The van der Waals surface area contributed by atoms with Gasteiger partial charge in [-0.25, -0.2) is 8.42 Å². The molecule has 1 N–H and O–H groups in total. The van der Waals surface area contributed by atoms with Crippen molar-refractivity contribution in [1.82, 2.24) is 5.32 Å². The van der Waals surface area contributed by atoms with Crippen LogP contribution in [-0.4, -0.2) is 20.9 Å². The van der Waals surface area contributed by atoms with E-state index in [0.29, 0.717) is 16.1 Å². The minimum absolute atomic E-state index is 0.0642. The SMILES string of the molecule is O=C(NC[C@H](c1ccccc1)S(=O)(=O)c1ccccc1)c1ccccc1Cl. The van der Waals surface area contributed by atoms with Crippen molar-refractivity contribution >= 4 is 27.3 Å². The molecule has 0 fully saturated rings. The zero-order chi connectivity index (χ0) is 19.3. The van der Waals surface area contributed by atoms with E-state index in [-0.39, 0.29) is 11.4 Å². The van der Waals surface area contributed by atoms with Crippen molar-refractivity contribution in [3.05, 3.63) is 101 Å². The largest absolute Gasteiger partial charge is 0.350 e. The van der Waals surface area contributed by atoms with E-state index in [1.807, 2.05) is 6.07 Å². The van der Waals surface area contributed by atoms with Gasteiger partial charge in [-0.05, 0) is 29.8 Å². The molecule has 3 rings (SSSR count). The third-order valence-electron chi connectivity index (χ3n) is 4.18. The van der Waals surface area contributed by atoms with Crippen LogP contribution in [0.15, 0.2) is 89.8 Å². The van der Waals surface area contributed by atoms with Crippen molar-refractivity contribution in [3.63, 3.8) is 0 Å². The lowest BCUT2D eigenvalue weighted by Crippen LogP contribution is -2.32. The first-order valence-corrected chi connectivity index (χ1v) is 10.3. The van der Waals surface area contributed by atoms with Gasteiger partial charge >= 0.3 is 0 Å². The Bertz CT molecular complexity index is 1020. The fourth-order valence-electron chi connectivity index (χ4n) is 2.77. The maximum Gasteiger partial charge on any atom is 0.252 e. The first-order chi connectivity index (χ1) is 13.0. The molecule has 0 bridgehead atoms. The quantitative estimate of drug-likeness (QED) is 0.672. The van der Waals surface area contributed by atoms with Crippen LogP contribution in [0.4, 0.5) is 0 Å². The molecule has 0 aliphatic carbocycles. The summed E-state index contributed by atoms with van der Waals surface area (Å²) in [6.45, 7) is -0.0642. The fourth-order valence-corrected chi connectivity index (χ4v) is 4.68. The molecule has 3 aromatic carbocycles. The predicted octanol–water partition coefficient (Wildman–Crippen LogP) is 4.29. The molecule has 0 radical (unpaired) electrons. The summed E-state index contributed by atoms with van der Waals surface area (Å²) in [6.07, 6.45) is 0. The number of carbonyl (C=O) groups excluding carboxylic acids is 1. The molecule has 1 amide bonds. The van der Waals surface area contributed by atoms with Crippen molar-refractivity contribution in [3.8, 4) is 0 Å². The third kappa shape index (κ3) is 4.38. The smallest absolute Gasteiger partial charge is 0.252 e. The van der Waals surface area contributed by atoms with Crippen molar-refractivity contribution in [2.45, 2.75) is 10.1 Å². The number of benzene rings is 3. The monoisotopic (exact) mass is 399 g/mol. The van der Waals surface area contributed by atoms with Gasteiger partial charge in [-0.2, -0.15) is 0 Å². The van der Waals surface area contributed by atoms with E-state index in [1.165, 1.54) is 0 Å². The Morgan fingerprint density at radius 3 is 2.04 bits per heavy atom. The van der Waals surface area contributed by atoms with Gasteiger partial charge in [-0.3, -0.25) is 4.79 Å². The summed E-state index contributed by atoms with van der Waals surface area (Å²) in [5.74, 6) is -0.412. The first-order valence-electron chi connectivity index (χ1n) is 8.37. The zero-order valence-corrected chi connectivity index (χ0v) is 16.0. The molecule has 1 atom stereocenters. The molecule has 3 aromatic rings. The van der Waals surface area contributed by atoms with Crippen molar-refractivity contribution in [2.75, 3.05) is 6.54 Å². The van der Waals surface area contributed by atoms with E-state index in [0.717, 1.165) is 0 Å². The van der Waals surface area contributed by atoms with Gasteiger partial charge in [-0.15, -0.1) is 0 Å². The van der Waals surface area contributed by atoms with Crippen LogP contribution in [0.1, 0.15) is 21.2 Å². The summed E-state index contributed by atoms with van der Waals surface area (Å²) in [5.41, 5.74) is 0.920. The van der Waals surface area contributed by atoms with Crippen LogP contribution >= 0.6 is 11.6 Å². The standard InChI is InChI=1S/C21H18ClNO3S/c22-19-14-8-7-13-18(19)21(24)23-15-20(16-9-3-1-4-10-16)27(25,26)17-11-5-2-6-12-17/h1-14,20H,15H2,(H,23,24)/t20-/m1/s1. The first kappa shape index (κ1) is 19.1. The summed E-state index contributed by atoms with van der Waals surface area (Å²) < 4.78 is 26.3. The normalized spacial score (nSPS) is 12.3. The molecule has 0 saturated carbocycles. The summed E-state index contributed by atoms with van der Waals surface area (Å²) >= 11 is 6.06. The van der Waals surface area contributed by atoms with Crippen molar-refractivity contribution < 1.29 is 13.2 Å². The van der Waals surface area contributed by atoms with Crippen LogP contribution in [0.25, 0.3) is 0 Å². The molecule has 27 heavy (non-hydrogen) atoms. The number of rotatable bonds is 6. The van der Waals surface area contributed by atoms with Crippen LogP contribution in [-0.2, 0) is 9.84 Å². The third-order valence-corrected chi connectivity index (χ3v) is 6.63. The number of hydrogen-bond acceptors (Lipinski definition) is 3. The van der Waals surface area contributed by atoms with Crippen LogP contribution in [0, 0.1) is 0 Å². The maximum absolute atomic E-state index is 13.2. The molecule has 0 saturated heterocycles. The van der Waals surface area contributed by atoms with Gasteiger partial charge in [0.2, 0.25) is 0 Å². The highest BCUT2D eigenvalue weighted by Crippen LogP contribution is 2.28. The number of carbonyl (C=O) groups is 1. The second-order valence-corrected chi connectivity index (χ2v) is 8.48. The lowest BCUT2D eigenvalue weighted by molar-refractivity contribution is 0.0954. The van der Waals surface area contributed by atoms with E-state index >= 15 is 0 Å². The van der Waals surface area contributed by atoms with E-state index in [2.05, 4.69) is 5.32 Å².